The van der Waals surface area contributed by atoms with Gasteiger partial charge in [-0.05, 0) is 26.7 Å². The molecule has 0 fully saturated rings. The van der Waals surface area contributed by atoms with E-state index in [0.29, 0.717) is 13.2 Å². The molecule has 0 atom stereocenters. The highest BCUT2D eigenvalue weighted by atomic mass is 31.2. The van der Waals surface area contributed by atoms with Crippen molar-refractivity contribution in [1.82, 2.24) is 0 Å². The summed E-state index contributed by atoms with van der Waals surface area (Å²) in [6.07, 6.45) is 15.7. The van der Waals surface area contributed by atoms with Crippen molar-refractivity contribution in [1.29, 1.82) is 0 Å². The van der Waals surface area contributed by atoms with Crippen molar-refractivity contribution < 1.29 is 18.1 Å². The van der Waals surface area contributed by atoms with E-state index in [1.165, 1.54) is 51.4 Å². The van der Waals surface area contributed by atoms with Gasteiger partial charge < -0.3 is 0 Å². The summed E-state index contributed by atoms with van der Waals surface area (Å²) in [7, 11) is -3.35. The second kappa shape index (κ2) is 15.7. The van der Waals surface area contributed by atoms with Crippen LogP contribution in [-0.2, 0) is 18.1 Å². The maximum absolute atomic E-state index is 12.0. The quantitative estimate of drug-likeness (QED) is 0.189. The van der Waals surface area contributed by atoms with Crippen LogP contribution in [0.4, 0.5) is 0 Å². The Labute approximate surface area is 137 Å². The first-order valence-corrected chi connectivity index (χ1v) is 10.3. The van der Waals surface area contributed by atoms with Crippen molar-refractivity contribution in [3.8, 4) is 0 Å². The predicted molar refractivity (Wildman–Crippen MR) is 93.2 cm³/mol. The van der Waals surface area contributed by atoms with Crippen LogP contribution in [0.3, 0.4) is 0 Å². The van der Waals surface area contributed by atoms with Gasteiger partial charge in [-0.3, -0.25) is 13.6 Å². The highest BCUT2D eigenvalue weighted by molar-refractivity contribution is 7.48. The maximum Gasteiger partial charge on any atom is 0.475 e. The van der Waals surface area contributed by atoms with Crippen molar-refractivity contribution in [2.75, 3.05) is 19.8 Å². The Hall–Kier alpha value is -0.150. The van der Waals surface area contributed by atoms with Gasteiger partial charge in [-0.15, -0.1) is 0 Å². The molecule has 0 aliphatic heterocycles. The monoisotopic (exact) mass is 334 g/mol. The SMILES string of the molecule is CCCCCCCCCC/C=C/COP(=O)(OCC)OCC. The van der Waals surface area contributed by atoms with E-state index in [9.17, 15) is 4.57 Å². The number of allylic oxidation sites excluding steroid dienone is 1. The third-order valence-electron chi connectivity index (χ3n) is 3.29. The fraction of sp³-hybridized carbons (Fsp3) is 0.882. The molecule has 0 unspecified atom stereocenters. The third-order valence-corrected chi connectivity index (χ3v) is 4.91. The van der Waals surface area contributed by atoms with E-state index in [1.54, 1.807) is 13.8 Å². The molecule has 0 heterocycles. The lowest BCUT2D eigenvalue weighted by molar-refractivity contribution is 0.131. The number of phosphoric acid groups is 1. The van der Waals surface area contributed by atoms with Crippen LogP contribution < -0.4 is 0 Å². The lowest BCUT2D eigenvalue weighted by atomic mass is 10.1. The second-order valence-corrected chi connectivity index (χ2v) is 6.98. The van der Waals surface area contributed by atoms with Gasteiger partial charge in [0.2, 0.25) is 0 Å². The Kier molecular flexibility index (Phi) is 15.6. The summed E-state index contributed by atoms with van der Waals surface area (Å²) in [5.74, 6) is 0. The minimum absolute atomic E-state index is 0.272. The van der Waals surface area contributed by atoms with Gasteiger partial charge in [0.05, 0.1) is 19.8 Å². The summed E-state index contributed by atoms with van der Waals surface area (Å²) >= 11 is 0. The highest BCUT2D eigenvalue weighted by Gasteiger charge is 2.24. The average molecular weight is 334 g/mol. The first-order chi connectivity index (χ1) is 10.7. The molecular formula is C17H35O4P. The minimum Gasteiger partial charge on any atom is -0.287 e. The molecule has 0 saturated carbocycles. The molecule has 0 bridgehead atoms. The lowest BCUT2D eigenvalue weighted by Crippen LogP contribution is -2.00. The number of hydrogen-bond acceptors (Lipinski definition) is 4. The zero-order valence-corrected chi connectivity index (χ0v) is 15.6. The zero-order valence-electron chi connectivity index (χ0n) is 14.7. The molecular weight excluding hydrogens is 299 g/mol. The van der Waals surface area contributed by atoms with Gasteiger partial charge in [0.25, 0.3) is 0 Å². The van der Waals surface area contributed by atoms with Gasteiger partial charge in [0.15, 0.2) is 0 Å². The fourth-order valence-electron chi connectivity index (χ4n) is 2.14. The van der Waals surface area contributed by atoms with E-state index < -0.39 is 7.82 Å². The standard InChI is InChI=1S/C17H35O4P/c1-4-7-8-9-10-11-12-13-14-15-16-17-21-22(18,19-5-2)20-6-3/h15-16H,4-14,17H2,1-3H3/b16-15+. The number of rotatable bonds is 16. The van der Waals surface area contributed by atoms with Crippen LogP contribution in [0.2, 0.25) is 0 Å². The van der Waals surface area contributed by atoms with Crippen molar-refractivity contribution in [3.05, 3.63) is 12.2 Å². The minimum atomic E-state index is -3.35. The predicted octanol–water partition coefficient (Wildman–Crippen LogP) is 6.27. The van der Waals surface area contributed by atoms with Gasteiger partial charge in [-0.1, -0.05) is 64.0 Å². The van der Waals surface area contributed by atoms with Crippen LogP contribution in [0.25, 0.3) is 0 Å². The van der Waals surface area contributed by atoms with Crippen LogP contribution in [0.5, 0.6) is 0 Å². The molecule has 0 N–H and O–H groups in total. The summed E-state index contributed by atoms with van der Waals surface area (Å²) in [6, 6.07) is 0. The molecule has 0 aromatic carbocycles. The molecule has 0 aromatic heterocycles. The van der Waals surface area contributed by atoms with E-state index in [1.807, 2.05) is 6.08 Å². The van der Waals surface area contributed by atoms with Crippen LogP contribution in [0, 0.1) is 0 Å². The summed E-state index contributed by atoms with van der Waals surface area (Å²) in [5.41, 5.74) is 0. The normalized spacial score (nSPS) is 12.3. The smallest absolute Gasteiger partial charge is 0.287 e. The van der Waals surface area contributed by atoms with Crippen molar-refractivity contribution >= 4 is 7.82 Å². The molecule has 0 radical (unpaired) electrons. The molecule has 0 amide bonds. The summed E-state index contributed by atoms with van der Waals surface area (Å²) in [5, 5.41) is 0. The average Bonchev–Trinajstić information content (AvgIpc) is 2.49. The molecule has 0 aliphatic carbocycles. The molecule has 5 heteroatoms. The molecule has 22 heavy (non-hydrogen) atoms. The van der Waals surface area contributed by atoms with Gasteiger partial charge >= 0.3 is 7.82 Å². The molecule has 0 spiro atoms. The Bertz CT molecular complexity index is 295. The fourth-order valence-corrected chi connectivity index (χ4v) is 3.27. The Morgan fingerprint density at radius 3 is 1.82 bits per heavy atom. The van der Waals surface area contributed by atoms with Crippen LogP contribution in [0.1, 0.15) is 78.6 Å². The zero-order chi connectivity index (χ0) is 16.5. The van der Waals surface area contributed by atoms with Gasteiger partial charge in [0, 0.05) is 0 Å². The van der Waals surface area contributed by atoms with E-state index >= 15 is 0 Å². The Morgan fingerprint density at radius 2 is 1.27 bits per heavy atom. The first kappa shape index (κ1) is 21.9. The number of unbranched alkanes of at least 4 members (excludes halogenated alkanes) is 8. The van der Waals surface area contributed by atoms with E-state index in [4.69, 9.17) is 13.6 Å². The number of hydrogen-bond donors (Lipinski definition) is 0. The largest absolute Gasteiger partial charge is 0.475 e. The molecule has 0 saturated heterocycles. The van der Waals surface area contributed by atoms with Crippen molar-refractivity contribution in [2.45, 2.75) is 78.6 Å². The molecule has 0 aliphatic rings. The Morgan fingerprint density at radius 1 is 0.727 bits per heavy atom. The van der Waals surface area contributed by atoms with Crippen molar-refractivity contribution in [3.63, 3.8) is 0 Å². The van der Waals surface area contributed by atoms with Gasteiger partial charge in [0.1, 0.15) is 0 Å². The molecule has 0 aromatic rings. The van der Waals surface area contributed by atoms with Gasteiger partial charge in [-0.2, -0.15) is 0 Å². The van der Waals surface area contributed by atoms with Crippen LogP contribution in [-0.4, -0.2) is 19.8 Å². The number of phosphoric ester groups is 1. The highest BCUT2D eigenvalue weighted by Crippen LogP contribution is 2.49. The van der Waals surface area contributed by atoms with Crippen molar-refractivity contribution in [2.24, 2.45) is 0 Å². The van der Waals surface area contributed by atoms with E-state index in [2.05, 4.69) is 13.0 Å². The molecule has 132 valence electrons. The lowest BCUT2D eigenvalue weighted by Gasteiger charge is -2.14. The maximum atomic E-state index is 12.0. The van der Waals surface area contributed by atoms with Crippen LogP contribution >= 0.6 is 7.82 Å². The Balaban J connectivity index is 3.52. The summed E-state index contributed by atoms with van der Waals surface area (Å²) in [6.45, 7) is 6.70. The molecule has 0 rings (SSSR count). The van der Waals surface area contributed by atoms with Crippen LogP contribution in [0.15, 0.2) is 12.2 Å². The molecule has 4 nitrogen and oxygen atoms in total. The summed E-state index contributed by atoms with van der Waals surface area (Å²) in [4.78, 5) is 0. The van der Waals surface area contributed by atoms with E-state index in [-0.39, 0.29) is 6.61 Å². The topological polar surface area (TPSA) is 44.8 Å². The van der Waals surface area contributed by atoms with Gasteiger partial charge in [-0.25, -0.2) is 4.57 Å². The van der Waals surface area contributed by atoms with E-state index in [0.717, 1.165) is 6.42 Å². The first-order valence-electron chi connectivity index (χ1n) is 8.87. The summed E-state index contributed by atoms with van der Waals surface area (Å²) < 4.78 is 27.3. The third kappa shape index (κ3) is 13.5. The second-order valence-electron chi connectivity index (χ2n) is 5.31.